The molecule has 0 fully saturated rings. The molecule has 110 heavy (non-hydrogen) atoms. The van der Waals surface area contributed by atoms with E-state index in [4.69, 9.17) is 37.0 Å². The molecule has 0 aliphatic heterocycles. The van der Waals surface area contributed by atoms with Crippen molar-refractivity contribution in [1.29, 1.82) is 0 Å². The van der Waals surface area contributed by atoms with E-state index in [0.29, 0.717) is 25.7 Å². The van der Waals surface area contributed by atoms with Crippen LogP contribution in [0.1, 0.15) is 479 Å². The molecule has 0 rings (SSSR count). The maximum absolute atomic E-state index is 13.2. The van der Waals surface area contributed by atoms with Gasteiger partial charge in [-0.25, -0.2) is 9.13 Å². The van der Waals surface area contributed by atoms with E-state index < -0.39 is 97.5 Å². The molecule has 0 spiro atoms. The highest BCUT2D eigenvalue weighted by atomic mass is 31.2. The van der Waals surface area contributed by atoms with Crippen LogP contribution in [-0.4, -0.2) is 96.7 Å². The lowest BCUT2D eigenvalue weighted by molar-refractivity contribution is -0.161. The number of esters is 4. The minimum Gasteiger partial charge on any atom is -0.462 e. The number of ether oxygens (including phenoxy) is 4. The Morgan fingerprint density at radius 3 is 0.645 bits per heavy atom. The molecule has 5 unspecified atom stereocenters. The van der Waals surface area contributed by atoms with Gasteiger partial charge in [0.1, 0.15) is 19.3 Å². The van der Waals surface area contributed by atoms with Gasteiger partial charge in [0.15, 0.2) is 12.2 Å². The zero-order chi connectivity index (χ0) is 80.9. The molecular formula is C91H178O17P2. The van der Waals surface area contributed by atoms with E-state index in [2.05, 4.69) is 55.4 Å². The summed E-state index contributed by atoms with van der Waals surface area (Å²) in [5, 5.41) is 10.7. The van der Waals surface area contributed by atoms with Gasteiger partial charge in [0.25, 0.3) is 0 Å². The first kappa shape index (κ1) is 108. The van der Waals surface area contributed by atoms with Crippen LogP contribution in [0.15, 0.2) is 0 Å². The minimum atomic E-state index is -4.97. The zero-order valence-corrected chi connectivity index (χ0v) is 74.7. The Labute approximate surface area is 677 Å². The van der Waals surface area contributed by atoms with Crippen LogP contribution in [0.4, 0.5) is 0 Å². The Balaban J connectivity index is 5.20. The van der Waals surface area contributed by atoms with E-state index in [1.807, 2.05) is 0 Å². The van der Waals surface area contributed by atoms with Gasteiger partial charge in [0, 0.05) is 25.7 Å². The monoisotopic (exact) mass is 1610 g/mol. The average molecular weight is 1610 g/mol. The summed E-state index contributed by atoms with van der Waals surface area (Å²) in [6, 6.07) is 0. The first-order valence-corrected chi connectivity index (χ1v) is 49.8. The number of phosphoric acid groups is 2. The molecule has 3 N–H and O–H groups in total. The lowest BCUT2D eigenvalue weighted by atomic mass is 9.99. The predicted octanol–water partition coefficient (Wildman–Crippen LogP) is 27.9. The molecule has 0 aliphatic rings. The standard InChI is InChI=1S/C91H178O17P2/c1-9-82(6)68-60-52-44-38-32-26-20-16-12-14-18-22-28-35-41-47-57-65-73-90(95)107-86(77-101-88(93)71-63-55-46-40-34-30-24-25-31-37-43-51-59-67-81(4)5)79-105-109(97,98)103-75-85(92)76-104-110(99,100)106-80-87(78-102-89(94)72-64-56-50-49-54-62-70-84(8)11-3)108-91(96)74-66-58-48-42-36-29-23-19-15-13-17-21-27-33-39-45-53-61-69-83(7)10-2/h81-87,92H,9-80H2,1-8H3,(H,97,98)(H,99,100)/t82?,83?,84?,85-,86-,87-/m1/s1. The number of hydrogen-bond donors (Lipinski definition) is 3. The van der Waals surface area contributed by atoms with Crippen molar-refractivity contribution in [3.8, 4) is 0 Å². The largest absolute Gasteiger partial charge is 0.472 e. The molecule has 0 aromatic carbocycles. The first-order chi connectivity index (χ1) is 53.2. The van der Waals surface area contributed by atoms with Crippen LogP contribution < -0.4 is 0 Å². The molecule has 19 heteroatoms. The highest BCUT2D eigenvalue weighted by molar-refractivity contribution is 7.47. The van der Waals surface area contributed by atoms with E-state index in [0.717, 1.165) is 120 Å². The zero-order valence-electron chi connectivity index (χ0n) is 72.9. The summed E-state index contributed by atoms with van der Waals surface area (Å²) in [6.45, 7) is 14.4. The van der Waals surface area contributed by atoms with Crippen molar-refractivity contribution in [3.05, 3.63) is 0 Å². The van der Waals surface area contributed by atoms with E-state index in [1.54, 1.807) is 0 Å². The van der Waals surface area contributed by atoms with Crippen molar-refractivity contribution in [2.45, 2.75) is 497 Å². The maximum atomic E-state index is 13.2. The second-order valence-corrected chi connectivity index (χ2v) is 36.8. The fourth-order valence-electron chi connectivity index (χ4n) is 14.1. The Morgan fingerprint density at radius 1 is 0.255 bits per heavy atom. The highest BCUT2D eigenvalue weighted by Crippen LogP contribution is 2.45. The van der Waals surface area contributed by atoms with Gasteiger partial charge in [-0.15, -0.1) is 0 Å². The Bertz CT molecular complexity index is 2130. The van der Waals surface area contributed by atoms with Crippen molar-refractivity contribution in [2.75, 3.05) is 39.6 Å². The third-order valence-electron chi connectivity index (χ3n) is 22.4. The Morgan fingerprint density at radius 2 is 0.436 bits per heavy atom. The first-order valence-electron chi connectivity index (χ1n) is 46.8. The van der Waals surface area contributed by atoms with Crippen LogP contribution in [0, 0.1) is 23.7 Å². The van der Waals surface area contributed by atoms with Gasteiger partial charge >= 0.3 is 39.5 Å². The molecule has 0 amide bonds. The summed E-state index contributed by atoms with van der Waals surface area (Å²) >= 11 is 0. The van der Waals surface area contributed by atoms with Crippen molar-refractivity contribution < 1.29 is 80.2 Å². The number of carbonyl (C=O) groups is 4. The van der Waals surface area contributed by atoms with E-state index >= 15 is 0 Å². The molecule has 8 atom stereocenters. The fourth-order valence-corrected chi connectivity index (χ4v) is 15.7. The number of aliphatic hydroxyl groups excluding tert-OH is 1. The van der Waals surface area contributed by atoms with Crippen LogP contribution in [0.5, 0.6) is 0 Å². The molecule has 0 heterocycles. The summed E-state index contributed by atoms with van der Waals surface area (Å²) < 4.78 is 69.0. The maximum Gasteiger partial charge on any atom is 0.472 e. The average Bonchev–Trinajstić information content (AvgIpc) is 0.897. The van der Waals surface area contributed by atoms with Gasteiger partial charge in [0.05, 0.1) is 26.4 Å². The van der Waals surface area contributed by atoms with Gasteiger partial charge in [-0.3, -0.25) is 37.3 Å². The van der Waals surface area contributed by atoms with Gasteiger partial charge in [-0.05, 0) is 49.4 Å². The normalized spacial score (nSPS) is 14.6. The molecule has 0 saturated carbocycles. The molecule has 0 aromatic heterocycles. The molecule has 0 aromatic rings. The predicted molar refractivity (Wildman–Crippen MR) is 455 cm³/mol. The Hall–Kier alpha value is -1.94. The number of rotatable bonds is 88. The molecule has 0 saturated heterocycles. The van der Waals surface area contributed by atoms with Crippen molar-refractivity contribution in [3.63, 3.8) is 0 Å². The van der Waals surface area contributed by atoms with Crippen LogP contribution in [-0.2, 0) is 65.4 Å². The number of phosphoric ester groups is 2. The summed E-state index contributed by atoms with van der Waals surface area (Å²) in [5.41, 5.74) is 0. The minimum absolute atomic E-state index is 0.107. The van der Waals surface area contributed by atoms with Crippen molar-refractivity contribution in [2.24, 2.45) is 23.7 Å². The smallest absolute Gasteiger partial charge is 0.462 e. The molecular weight excluding hydrogens is 1430 g/mol. The van der Waals surface area contributed by atoms with Gasteiger partial charge < -0.3 is 33.8 Å². The molecule has 0 radical (unpaired) electrons. The summed E-state index contributed by atoms with van der Waals surface area (Å²) in [4.78, 5) is 73.4. The lowest BCUT2D eigenvalue weighted by Crippen LogP contribution is -2.30. The second-order valence-electron chi connectivity index (χ2n) is 33.9. The fraction of sp³-hybridized carbons (Fsp3) is 0.956. The van der Waals surface area contributed by atoms with Crippen LogP contribution in [0.2, 0.25) is 0 Å². The summed E-state index contributed by atoms with van der Waals surface area (Å²) in [7, 11) is -9.94. The number of unbranched alkanes of at least 4 members (excludes halogenated alkanes) is 51. The topological polar surface area (TPSA) is 237 Å². The lowest BCUT2D eigenvalue weighted by Gasteiger charge is -2.21. The second kappa shape index (κ2) is 79.5. The number of carbonyl (C=O) groups excluding carboxylic acids is 4. The van der Waals surface area contributed by atoms with Crippen LogP contribution in [0.25, 0.3) is 0 Å². The highest BCUT2D eigenvalue weighted by Gasteiger charge is 2.31. The van der Waals surface area contributed by atoms with Gasteiger partial charge in [-0.2, -0.15) is 0 Å². The number of aliphatic hydroxyl groups is 1. The molecule has 17 nitrogen and oxygen atoms in total. The van der Waals surface area contributed by atoms with Gasteiger partial charge in [0.2, 0.25) is 0 Å². The summed E-state index contributed by atoms with van der Waals surface area (Å²) in [5.74, 6) is 1.16. The van der Waals surface area contributed by atoms with Crippen molar-refractivity contribution >= 4 is 39.5 Å². The van der Waals surface area contributed by atoms with Gasteiger partial charge in [-0.1, -0.05) is 428 Å². The van der Waals surface area contributed by atoms with Crippen LogP contribution in [0.3, 0.4) is 0 Å². The third kappa shape index (κ3) is 79.9. The molecule has 654 valence electrons. The summed E-state index contributed by atoms with van der Waals surface area (Å²) in [6.07, 6.45) is 70.9. The molecule has 0 aliphatic carbocycles. The van der Waals surface area contributed by atoms with E-state index in [1.165, 1.54) is 276 Å². The SMILES string of the molecule is CCC(C)CCCCCCCCCCCCCCCCCCCCC(=O)O[C@H](COC(=O)CCCCCCCCCCCCCCCC(C)C)COP(=O)(O)OC[C@@H](O)COP(=O)(O)OC[C@@H](COC(=O)CCCCCCCCC(C)CC)OC(=O)CCCCCCCCCCCCCCCCCCCCC(C)CC. The molecule has 0 bridgehead atoms. The Kier molecular flexibility index (Phi) is 78.1. The number of hydrogen-bond acceptors (Lipinski definition) is 15. The quantitative estimate of drug-likeness (QED) is 0.0222. The van der Waals surface area contributed by atoms with Crippen molar-refractivity contribution in [1.82, 2.24) is 0 Å². The van der Waals surface area contributed by atoms with E-state index in [-0.39, 0.29) is 25.7 Å². The van der Waals surface area contributed by atoms with E-state index in [9.17, 15) is 43.2 Å². The third-order valence-corrected chi connectivity index (χ3v) is 24.3. The van der Waals surface area contributed by atoms with Crippen LogP contribution >= 0.6 is 15.6 Å².